The monoisotopic (exact) mass is 399 g/mol. The van der Waals surface area contributed by atoms with Crippen LogP contribution in [0.5, 0.6) is 0 Å². The molecule has 1 aliphatic heterocycles. The lowest BCUT2D eigenvalue weighted by molar-refractivity contribution is -0.114. The van der Waals surface area contributed by atoms with Crippen molar-refractivity contribution in [3.8, 4) is 0 Å². The summed E-state index contributed by atoms with van der Waals surface area (Å²) in [4.78, 5) is 23.9. The molecule has 1 N–H and O–H groups in total. The maximum atomic E-state index is 11.2. The van der Waals surface area contributed by atoms with E-state index in [9.17, 15) is 4.79 Å². The molecular weight excluding hydrogens is 374 g/mol. The normalized spacial score (nSPS) is 21.0. The highest BCUT2D eigenvalue weighted by Gasteiger charge is 2.33. The van der Waals surface area contributed by atoms with E-state index in [0.29, 0.717) is 5.13 Å². The van der Waals surface area contributed by atoms with Crippen LogP contribution < -0.4 is 5.32 Å². The summed E-state index contributed by atoms with van der Waals surface area (Å²) in [6.45, 7) is 4.57. The summed E-state index contributed by atoms with van der Waals surface area (Å²) in [5.74, 6) is -0.0731. The molecule has 0 spiro atoms. The second-order valence-electron chi connectivity index (χ2n) is 7.74. The first-order valence-electron chi connectivity index (χ1n) is 9.29. The molecular formula is C19H25N5OSSi. The molecule has 4 rings (SSSR count). The van der Waals surface area contributed by atoms with E-state index in [4.69, 9.17) is 4.98 Å². The van der Waals surface area contributed by atoms with Crippen LogP contribution in [0.1, 0.15) is 30.2 Å². The van der Waals surface area contributed by atoms with Crippen LogP contribution in [0.15, 0.2) is 30.7 Å². The zero-order valence-corrected chi connectivity index (χ0v) is 18.8. The van der Waals surface area contributed by atoms with Crippen LogP contribution in [-0.4, -0.2) is 48.7 Å². The third-order valence-corrected chi connectivity index (χ3v) is 7.71. The van der Waals surface area contributed by atoms with E-state index in [0.717, 1.165) is 35.4 Å². The average Bonchev–Trinajstić information content (AvgIpc) is 3.21. The fourth-order valence-corrected chi connectivity index (χ4v) is 5.97. The van der Waals surface area contributed by atoms with Gasteiger partial charge in [-0.1, -0.05) is 0 Å². The molecule has 142 valence electrons. The molecule has 1 aliphatic rings. The van der Waals surface area contributed by atoms with Crippen LogP contribution in [0.25, 0.3) is 11.0 Å². The van der Waals surface area contributed by atoms with Gasteiger partial charge in [0.05, 0.1) is 11.0 Å². The van der Waals surface area contributed by atoms with Gasteiger partial charge in [0.25, 0.3) is 0 Å². The second-order valence-corrected chi connectivity index (χ2v) is 10.8. The molecule has 3 aromatic heterocycles. The molecule has 0 aliphatic carbocycles. The van der Waals surface area contributed by atoms with Gasteiger partial charge in [0, 0.05) is 60.8 Å². The quantitative estimate of drug-likeness (QED) is 0.680. The predicted molar refractivity (Wildman–Crippen MR) is 113 cm³/mol. The minimum atomic E-state index is -0.0731. The minimum absolute atomic E-state index is 0.0731. The molecule has 27 heavy (non-hydrogen) atoms. The fourth-order valence-electron chi connectivity index (χ4n) is 3.99. The topological polar surface area (TPSA) is 63.1 Å². The zero-order chi connectivity index (χ0) is 19.0. The Labute approximate surface area is 166 Å². The Morgan fingerprint density at radius 3 is 3.07 bits per heavy atom. The van der Waals surface area contributed by atoms with Gasteiger partial charge in [-0.15, -0.1) is 11.3 Å². The largest absolute Gasteiger partial charge is 0.349 e. The molecule has 0 aromatic carbocycles. The number of hydrogen-bond acceptors (Lipinski definition) is 5. The van der Waals surface area contributed by atoms with Gasteiger partial charge in [0.2, 0.25) is 5.91 Å². The van der Waals surface area contributed by atoms with Gasteiger partial charge in [0.15, 0.2) is 5.13 Å². The Bertz CT molecular complexity index is 984. The van der Waals surface area contributed by atoms with Crippen LogP contribution in [0, 0.1) is 0 Å². The number of fused-ring (bicyclic) bond motifs is 1. The average molecular weight is 400 g/mol. The van der Waals surface area contributed by atoms with Crippen molar-refractivity contribution < 1.29 is 4.79 Å². The van der Waals surface area contributed by atoms with Crippen molar-refractivity contribution in [1.29, 1.82) is 0 Å². The number of thiazole rings is 1. The highest BCUT2D eigenvalue weighted by Crippen LogP contribution is 2.33. The number of amides is 1. The van der Waals surface area contributed by atoms with Crippen LogP contribution in [0.3, 0.4) is 0 Å². The van der Waals surface area contributed by atoms with Crippen molar-refractivity contribution in [1.82, 2.24) is 19.4 Å². The number of likely N-dealkylation sites (tertiary alicyclic amines) is 1. The fraction of sp³-hybridized carbons (Fsp3) is 0.421. The number of nitrogens with one attached hydrogen (secondary N) is 1. The van der Waals surface area contributed by atoms with E-state index in [1.165, 1.54) is 35.7 Å². The van der Waals surface area contributed by atoms with Gasteiger partial charge in [0.1, 0.15) is 0 Å². The smallest absolute Gasteiger partial charge is 0.223 e. The van der Waals surface area contributed by atoms with Crippen molar-refractivity contribution in [2.24, 2.45) is 7.05 Å². The van der Waals surface area contributed by atoms with Gasteiger partial charge in [-0.2, -0.15) is 0 Å². The number of nitrogens with zero attached hydrogens (tertiary/aromatic N) is 4. The van der Waals surface area contributed by atoms with Crippen LogP contribution in [0.2, 0.25) is 0 Å². The predicted octanol–water partition coefficient (Wildman–Crippen LogP) is 1.84. The molecule has 1 fully saturated rings. The van der Waals surface area contributed by atoms with Crippen LogP contribution >= 0.6 is 11.3 Å². The Morgan fingerprint density at radius 1 is 1.41 bits per heavy atom. The third-order valence-electron chi connectivity index (χ3n) is 5.42. The van der Waals surface area contributed by atoms with Crippen molar-refractivity contribution in [2.45, 2.75) is 31.3 Å². The summed E-state index contributed by atoms with van der Waals surface area (Å²) in [7, 11) is 3.18. The van der Waals surface area contributed by atoms with Gasteiger partial charge in [-0.05, 0) is 42.1 Å². The van der Waals surface area contributed by atoms with E-state index in [1.54, 1.807) is 11.3 Å². The third kappa shape index (κ3) is 3.83. The lowest BCUT2D eigenvalue weighted by Gasteiger charge is -2.40. The number of carbonyl (C=O) groups is 1. The number of hydrogen-bond donors (Lipinski definition) is 1. The standard InChI is InChI=1S/C19H25N5OSSi/c1-13(25)22-18-21-10-15(26-18)11-24-6-3-5-19(27,12-24)14-8-17-16(20-9-14)4-7-23(17)2/h4,7-10H,3,5-6,11-12H2,1-2,27H3,(H,21,22,25)/t19-/m1/s1. The van der Waals surface area contributed by atoms with E-state index >= 15 is 0 Å². The first-order chi connectivity index (χ1) is 12.9. The Kier molecular flexibility index (Phi) is 4.87. The summed E-state index contributed by atoms with van der Waals surface area (Å²) in [6, 6.07) is 4.41. The molecule has 0 unspecified atom stereocenters. The number of aromatic nitrogens is 3. The molecule has 3 aromatic rings. The SMILES string of the molecule is CC(=O)Nc1ncc(CN2CCC[C@]([SiH3])(c3cnc4ccn(C)c4c3)C2)s1. The number of carbonyl (C=O) groups excluding carboxylic acids is 1. The van der Waals surface area contributed by atoms with Gasteiger partial charge < -0.3 is 9.88 Å². The van der Waals surface area contributed by atoms with Gasteiger partial charge in [-0.25, -0.2) is 4.98 Å². The second kappa shape index (κ2) is 7.18. The number of piperidine rings is 1. The van der Waals surface area contributed by atoms with Crippen molar-refractivity contribution in [3.63, 3.8) is 0 Å². The number of pyridine rings is 1. The zero-order valence-electron chi connectivity index (χ0n) is 16.0. The highest BCUT2D eigenvalue weighted by molar-refractivity contribution is 7.15. The number of aryl methyl sites for hydroxylation is 1. The van der Waals surface area contributed by atoms with E-state index in [1.807, 2.05) is 6.20 Å². The molecule has 1 amide bonds. The van der Waals surface area contributed by atoms with Crippen molar-refractivity contribution in [3.05, 3.63) is 41.2 Å². The van der Waals surface area contributed by atoms with Crippen molar-refractivity contribution in [2.75, 3.05) is 18.4 Å². The maximum absolute atomic E-state index is 11.2. The van der Waals surface area contributed by atoms with E-state index < -0.39 is 0 Å². The molecule has 0 bridgehead atoms. The summed E-state index contributed by atoms with van der Waals surface area (Å²) in [5, 5.41) is 3.69. The number of rotatable bonds is 4. The maximum Gasteiger partial charge on any atom is 0.223 e. The summed E-state index contributed by atoms with van der Waals surface area (Å²) >= 11 is 1.57. The Hall–Kier alpha value is -2.03. The first kappa shape index (κ1) is 18.3. The van der Waals surface area contributed by atoms with E-state index in [-0.39, 0.29) is 10.9 Å². The molecule has 4 heterocycles. The minimum Gasteiger partial charge on any atom is -0.349 e. The highest BCUT2D eigenvalue weighted by atomic mass is 32.1. The summed E-state index contributed by atoms with van der Waals surface area (Å²) in [5.41, 5.74) is 3.65. The van der Waals surface area contributed by atoms with Gasteiger partial charge in [-0.3, -0.25) is 14.7 Å². The molecule has 0 saturated carbocycles. The number of anilines is 1. The Balaban J connectivity index is 1.51. The molecule has 1 saturated heterocycles. The lowest BCUT2D eigenvalue weighted by Crippen LogP contribution is -2.46. The summed E-state index contributed by atoms with van der Waals surface area (Å²) < 4.78 is 2.15. The molecule has 1 atom stereocenters. The van der Waals surface area contributed by atoms with Crippen LogP contribution in [-0.2, 0) is 23.4 Å². The molecule has 6 nitrogen and oxygen atoms in total. The van der Waals surface area contributed by atoms with Crippen molar-refractivity contribution >= 4 is 43.7 Å². The molecule has 0 radical (unpaired) electrons. The lowest BCUT2D eigenvalue weighted by atomic mass is 9.90. The molecule has 8 heteroatoms. The van der Waals surface area contributed by atoms with E-state index in [2.05, 4.69) is 51.3 Å². The van der Waals surface area contributed by atoms with Gasteiger partial charge >= 0.3 is 0 Å². The Morgan fingerprint density at radius 2 is 2.26 bits per heavy atom. The van der Waals surface area contributed by atoms with Crippen LogP contribution in [0.4, 0.5) is 5.13 Å². The first-order valence-corrected chi connectivity index (χ1v) is 11.1. The summed E-state index contributed by atoms with van der Waals surface area (Å²) in [6.07, 6.45) is 8.47.